The minimum atomic E-state index is -0.442. The van der Waals surface area contributed by atoms with Crippen LogP contribution in [0.15, 0.2) is 42.5 Å². The Morgan fingerprint density at radius 1 is 1.11 bits per heavy atom. The molecule has 2 aromatic carbocycles. The molecule has 5 heteroatoms. The summed E-state index contributed by atoms with van der Waals surface area (Å²) in [5.41, 5.74) is 3.37. The van der Waals surface area contributed by atoms with Gasteiger partial charge in [0.2, 0.25) is 5.91 Å². The maximum Gasteiger partial charge on any atom is 0.262 e. The molecule has 3 rings (SSSR count). The Bertz CT molecular complexity index is 851. The Labute approximate surface area is 160 Å². The first kappa shape index (κ1) is 19.0. The summed E-state index contributed by atoms with van der Waals surface area (Å²) in [4.78, 5) is 26.7. The Balaban J connectivity index is 1.65. The topological polar surface area (TPSA) is 58.6 Å². The zero-order valence-corrected chi connectivity index (χ0v) is 16.3. The summed E-state index contributed by atoms with van der Waals surface area (Å²) in [6.45, 7) is 8.37. The van der Waals surface area contributed by atoms with E-state index in [0.29, 0.717) is 18.0 Å². The number of aryl methyl sites for hydroxylation is 1. The third-order valence-electron chi connectivity index (χ3n) is 4.54. The number of hydrogen-bond acceptors (Lipinski definition) is 3. The van der Waals surface area contributed by atoms with Crippen molar-refractivity contribution in [3.63, 3.8) is 0 Å². The number of hydrogen-bond donors (Lipinski definition) is 1. The van der Waals surface area contributed by atoms with E-state index in [1.165, 1.54) is 0 Å². The van der Waals surface area contributed by atoms with Crippen LogP contribution < -0.4 is 15.0 Å². The average molecular weight is 366 g/mol. The molecule has 2 aromatic rings. The van der Waals surface area contributed by atoms with Crippen molar-refractivity contribution < 1.29 is 14.3 Å². The van der Waals surface area contributed by atoms with Crippen molar-refractivity contribution in [1.82, 2.24) is 0 Å². The van der Waals surface area contributed by atoms with Gasteiger partial charge in [-0.15, -0.1) is 0 Å². The highest BCUT2D eigenvalue weighted by Crippen LogP contribution is 2.34. The van der Waals surface area contributed by atoms with Crippen LogP contribution in [0.2, 0.25) is 0 Å². The van der Waals surface area contributed by atoms with Crippen LogP contribution in [0.5, 0.6) is 5.75 Å². The third-order valence-corrected chi connectivity index (χ3v) is 4.54. The molecule has 0 aromatic heterocycles. The summed E-state index contributed by atoms with van der Waals surface area (Å²) >= 11 is 0. The molecular formula is C22H26N2O3. The zero-order valence-electron chi connectivity index (χ0n) is 16.3. The van der Waals surface area contributed by atoms with Crippen LogP contribution in [0, 0.1) is 12.3 Å². The molecule has 1 N–H and O–H groups in total. The fraction of sp³-hybridized carbons (Fsp3) is 0.364. The summed E-state index contributed by atoms with van der Waals surface area (Å²) in [7, 11) is 0. The summed E-state index contributed by atoms with van der Waals surface area (Å²) < 4.78 is 5.52. The highest BCUT2D eigenvalue weighted by molar-refractivity contribution is 6.00. The molecule has 1 aliphatic heterocycles. The van der Waals surface area contributed by atoms with E-state index < -0.39 is 5.41 Å². The van der Waals surface area contributed by atoms with Gasteiger partial charge in [-0.3, -0.25) is 9.59 Å². The van der Waals surface area contributed by atoms with Gasteiger partial charge in [0, 0.05) is 23.3 Å². The van der Waals surface area contributed by atoms with Crippen molar-refractivity contribution in [2.45, 2.75) is 34.1 Å². The number of benzene rings is 2. The van der Waals surface area contributed by atoms with Crippen molar-refractivity contribution in [2.24, 2.45) is 5.41 Å². The van der Waals surface area contributed by atoms with Crippen molar-refractivity contribution in [3.05, 3.63) is 53.6 Å². The molecule has 142 valence electrons. The number of carbonyl (C=O) groups is 2. The van der Waals surface area contributed by atoms with Gasteiger partial charge in [-0.05, 0) is 43.2 Å². The van der Waals surface area contributed by atoms with Crippen LogP contribution in [0.25, 0.3) is 0 Å². The molecule has 0 saturated heterocycles. The molecule has 1 aliphatic rings. The van der Waals surface area contributed by atoms with Crippen LogP contribution in [-0.2, 0) is 16.0 Å². The Hall–Kier alpha value is -2.82. The normalized spacial score (nSPS) is 13.3. The fourth-order valence-corrected chi connectivity index (χ4v) is 3.05. The number of rotatable bonds is 4. The molecule has 0 aliphatic carbocycles. The van der Waals surface area contributed by atoms with E-state index in [-0.39, 0.29) is 18.4 Å². The second-order valence-electron chi connectivity index (χ2n) is 7.95. The third kappa shape index (κ3) is 4.48. The Kier molecular flexibility index (Phi) is 5.22. The predicted molar refractivity (Wildman–Crippen MR) is 107 cm³/mol. The maximum absolute atomic E-state index is 12.7. The number of nitrogens with zero attached hydrogens (tertiary/aromatic N) is 1. The number of fused-ring (bicyclic) bond motifs is 1. The van der Waals surface area contributed by atoms with Crippen molar-refractivity contribution in [2.75, 3.05) is 23.4 Å². The number of anilines is 2. The summed E-state index contributed by atoms with van der Waals surface area (Å²) in [6, 6.07) is 13.3. The van der Waals surface area contributed by atoms with Gasteiger partial charge in [0.05, 0.1) is 0 Å². The molecule has 27 heavy (non-hydrogen) atoms. The lowest BCUT2D eigenvalue weighted by Crippen LogP contribution is -2.38. The number of amides is 2. The molecule has 0 saturated carbocycles. The first-order chi connectivity index (χ1) is 12.7. The molecular weight excluding hydrogens is 340 g/mol. The first-order valence-electron chi connectivity index (χ1n) is 9.18. The molecule has 0 atom stereocenters. The van der Waals surface area contributed by atoms with Crippen molar-refractivity contribution in [3.8, 4) is 5.75 Å². The quantitative estimate of drug-likeness (QED) is 0.891. The van der Waals surface area contributed by atoms with Gasteiger partial charge in [0.1, 0.15) is 5.75 Å². The van der Waals surface area contributed by atoms with Gasteiger partial charge in [-0.25, -0.2) is 0 Å². The monoisotopic (exact) mass is 366 g/mol. The highest BCUT2D eigenvalue weighted by Gasteiger charge is 2.32. The standard InChI is InChI=1S/C22H26N2O3/c1-15-5-9-18(10-6-15)27-14-20(25)23-17-8-7-16-11-12-24(19(16)13-17)21(26)22(2,3)4/h5-10,13H,11-12,14H2,1-4H3,(H,23,25). The van der Waals surface area contributed by atoms with E-state index in [0.717, 1.165) is 23.2 Å². The lowest BCUT2D eigenvalue weighted by Gasteiger charge is -2.26. The van der Waals surface area contributed by atoms with Crippen LogP contribution in [0.1, 0.15) is 31.9 Å². The average Bonchev–Trinajstić information content (AvgIpc) is 3.03. The molecule has 0 unspecified atom stereocenters. The number of ether oxygens (including phenoxy) is 1. The Morgan fingerprint density at radius 3 is 2.48 bits per heavy atom. The zero-order chi connectivity index (χ0) is 19.6. The van der Waals surface area contributed by atoms with Crippen LogP contribution >= 0.6 is 0 Å². The molecule has 5 nitrogen and oxygen atoms in total. The van der Waals surface area contributed by atoms with E-state index in [4.69, 9.17) is 4.74 Å². The molecule has 0 fully saturated rings. The largest absolute Gasteiger partial charge is 0.484 e. The van der Waals surface area contributed by atoms with E-state index in [1.807, 2.05) is 75.1 Å². The van der Waals surface area contributed by atoms with E-state index >= 15 is 0 Å². The smallest absolute Gasteiger partial charge is 0.262 e. The van der Waals surface area contributed by atoms with E-state index in [9.17, 15) is 9.59 Å². The SMILES string of the molecule is Cc1ccc(OCC(=O)Nc2ccc3c(c2)N(C(=O)C(C)(C)C)CC3)cc1. The summed E-state index contributed by atoms with van der Waals surface area (Å²) in [5, 5.41) is 2.85. The molecule has 1 heterocycles. The van der Waals surface area contributed by atoms with Gasteiger partial charge in [0.15, 0.2) is 6.61 Å². The summed E-state index contributed by atoms with van der Waals surface area (Å²) in [5.74, 6) is 0.515. The van der Waals surface area contributed by atoms with Gasteiger partial charge in [-0.2, -0.15) is 0 Å². The van der Waals surface area contributed by atoms with Gasteiger partial charge in [0.25, 0.3) is 5.91 Å². The predicted octanol–water partition coefficient (Wildman–Crippen LogP) is 3.95. The van der Waals surface area contributed by atoms with Gasteiger partial charge >= 0.3 is 0 Å². The Morgan fingerprint density at radius 2 is 1.81 bits per heavy atom. The summed E-state index contributed by atoms with van der Waals surface area (Å²) in [6.07, 6.45) is 0.835. The maximum atomic E-state index is 12.7. The van der Waals surface area contributed by atoms with E-state index in [2.05, 4.69) is 5.32 Å². The van der Waals surface area contributed by atoms with Crippen molar-refractivity contribution >= 4 is 23.2 Å². The number of carbonyl (C=O) groups excluding carboxylic acids is 2. The number of nitrogens with one attached hydrogen (secondary N) is 1. The molecule has 2 amide bonds. The minimum Gasteiger partial charge on any atom is -0.484 e. The minimum absolute atomic E-state index is 0.0647. The van der Waals surface area contributed by atoms with Crippen LogP contribution in [0.3, 0.4) is 0 Å². The first-order valence-corrected chi connectivity index (χ1v) is 9.18. The van der Waals surface area contributed by atoms with Gasteiger partial charge in [-0.1, -0.05) is 44.5 Å². The lowest BCUT2D eigenvalue weighted by atomic mass is 9.94. The fourth-order valence-electron chi connectivity index (χ4n) is 3.05. The molecule has 0 radical (unpaired) electrons. The second kappa shape index (κ2) is 7.43. The van der Waals surface area contributed by atoms with Crippen LogP contribution in [-0.4, -0.2) is 25.0 Å². The molecule has 0 spiro atoms. The lowest BCUT2D eigenvalue weighted by molar-refractivity contribution is -0.125. The second-order valence-corrected chi connectivity index (χ2v) is 7.95. The van der Waals surface area contributed by atoms with Gasteiger partial charge < -0.3 is 15.0 Å². The van der Waals surface area contributed by atoms with Crippen molar-refractivity contribution in [1.29, 1.82) is 0 Å². The van der Waals surface area contributed by atoms with E-state index in [1.54, 1.807) is 0 Å². The highest BCUT2D eigenvalue weighted by atomic mass is 16.5. The van der Waals surface area contributed by atoms with Crippen LogP contribution in [0.4, 0.5) is 11.4 Å². The molecule has 0 bridgehead atoms.